The first-order valence-corrected chi connectivity index (χ1v) is 15.0. The number of nitrogens with one attached hydrogen (secondary N) is 2. The van der Waals surface area contributed by atoms with Crippen molar-refractivity contribution in [3.05, 3.63) is 0 Å². The lowest BCUT2D eigenvalue weighted by Crippen LogP contribution is -2.69. The second-order valence-corrected chi connectivity index (χ2v) is 11.6. The standard InChI is InChI=1S/C25H52N8O11/c26-4-3-11(35)8-31-9-12-1-2-13(28)23(41-12)43-21-14(29)7-15(32-25(39)33(40)6-5-27)22(20(21)38)44-24-19(37)17(30)18(36)16(10-34)42-24/h11-24,31,34-38,40H,1-10,26-30H2,(H,32,39)/t11?,12-,13+,14-,15+,16+,17-,18+,19+,20-,21?,22-,23+,24+/m0/s1. The van der Waals surface area contributed by atoms with E-state index in [1.54, 1.807) is 0 Å². The molecule has 0 bridgehead atoms. The van der Waals surface area contributed by atoms with Gasteiger partial charge in [0, 0.05) is 25.7 Å². The van der Waals surface area contributed by atoms with Crippen molar-refractivity contribution in [3.8, 4) is 0 Å². The number of carbonyl (C=O) groups is 1. The molecular formula is C25H52N8O11. The molecule has 0 radical (unpaired) electrons. The van der Waals surface area contributed by atoms with Gasteiger partial charge in [-0.15, -0.1) is 0 Å². The SMILES string of the molecule is NCCC(O)CNC[C@@H]1CC[C@@H](N)[C@@H](OC2[C@@H](N)C[C@@H](NC(=O)N(O)CCN)[C@H](O[C@H]3O[C@H](CO)[C@@H](O)[C@H](N)[C@H]3O)[C@H]2O)O1. The van der Waals surface area contributed by atoms with E-state index in [9.17, 15) is 35.5 Å². The van der Waals surface area contributed by atoms with Gasteiger partial charge in [-0.25, -0.2) is 9.86 Å². The van der Waals surface area contributed by atoms with Crippen LogP contribution in [0.15, 0.2) is 0 Å². The van der Waals surface area contributed by atoms with Crippen molar-refractivity contribution >= 4 is 6.03 Å². The summed E-state index contributed by atoms with van der Waals surface area (Å²) >= 11 is 0. The lowest BCUT2D eigenvalue weighted by Gasteiger charge is -2.48. The molecule has 19 nitrogen and oxygen atoms in total. The van der Waals surface area contributed by atoms with E-state index < -0.39 is 92.1 Å². The van der Waals surface area contributed by atoms with E-state index in [-0.39, 0.29) is 25.6 Å². The first-order chi connectivity index (χ1) is 20.9. The van der Waals surface area contributed by atoms with Gasteiger partial charge in [-0.2, -0.15) is 0 Å². The third kappa shape index (κ3) is 9.58. The van der Waals surface area contributed by atoms with Crippen LogP contribution in [0.5, 0.6) is 0 Å². The fourth-order valence-corrected chi connectivity index (χ4v) is 5.59. The molecule has 18 N–H and O–H groups in total. The minimum Gasteiger partial charge on any atom is -0.394 e. The fraction of sp³-hybridized carbons (Fsp3) is 0.960. The fourth-order valence-electron chi connectivity index (χ4n) is 5.59. The molecule has 3 aliphatic rings. The van der Waals surface area contributed by atoms with E-state index in [0.717, 1.165) is 0 Å². The number of rotatable bonds is 14. The molecule has 19 heteroatoms. The maximum absolute atomic E-state index is 12.6. The number of nitrogens with zero attached hydrogens (tertiary/aromatic N) is 1. The predicted molar refractivity (Wildman–Crippen MR) is 152 cm³/mol. The van der Waals surface area contributed by atoms with E-state index in [4.69, 9.17) is 47.6 Å². The first-order valence-electron chi connectivity index (χ1n) is 15.0. The number of hydrogen-bond acceptors (Lipinski definition) is 17. The van der Waals surface area contributed by atoms with Gasteiger partial charge >= 0.3 is 6.03 Å². The molecule has 1 aliphatic carbocycles. The van der Waals surface area contributed by atoms with Crippen molar-refractivity contribution in [2.75, 3.05) is 39.3 Å². The molecule has 14 atom stereocenters. The summed E-state index contributed by atoms with van der Waals surface area (Å²) in [6, 6.07) is -4.68. The van der Waals surface area contributed by atoms with Crippen molar-refractivity contribution < 1.29 is 54.5 Å². The van der Waals surface area contributed by atoms with Gasteiger partial charge in [0.15, 0.2) is 12.6 Å². The highest BCUT2D eigenvalue weighted by Gasteiger charge is 2.51. The normalized spacial score (nSPS) is 40.4. The summed E-state index contributed by atoms with van der Waals surface area (Å²) in [4.78, 5) is 12.6. The minimum atomic E-state index is -1.58. The molecule has 2 aliphatic heterocycles. The van der Waals surface area contributed by atoms with Crippen LogP contribution in [-0.4, -0.2) is 167 Å². The van der Waals surface area contributed by atoms with Crippen LogP contribution in [0.4, 0.5) is 4.79 Å². The molecule has 2 unspecified atom stereocenters. The van der Waals surface area contributed by atoms with Gasteiger partial charge in [0.2, 0.25) is 0 Å². The summed E-state index contributed by atoms with van der Waals surface area (Å²) in [7, 11) is 0. The molecule has 3 rings (SSSR count). The number of aliphatic hydroxyl groups excluding tert-OH is 5. The molecule has 2 amide bonds. The number of amides is 2. The molecule has 0 spiro atoms. The summed E-state index contributed by atoms with van der Waals surface area (Å²) in [6.45, 7) is 0.256. The molecular weight excluding hydrogens is 588 g/mol. The number of hydroxylamine groups is 2. The van der Waals surface area contributed by atoms with Crippen LogP contribution >= 0.6 is 0 Å². The number of urea groups is 1. The molecule has 1 saturated carbocycles. The summed E-state index contributed by atoms with van der Waals surface area (Å²) in [6.07, 6.45) is -10.0. The van der Waals surface area contributed by atoms with E-state index in [1.165, 1.54) is 0 Å². The van der Waals surface area contributed by atoms with Gasteiger partial charge in [-0.05, 0) is 32.2 Å². The van der Waals surface area contributed by atoms with Crippen LogP contribution in [0.2, 0.25) is 0 Å². The summed E-state index contributed by atoms with van der Waals surface area (Å²) in [5.74, 6) is 0. The number of nitrogens with two attached hydrogens (primary N) is 5. The lowest BCUT2D eigenvalue weighted by molar-refractivity contribution is -0.314. The lowest BCUT2D eigenvalue weighted by atomic mass is 9.83. The first kappa shape index (κ1) is 37.1. The third-order valence-electron chi connectivity index (χ3n) is 8.17. The van der Waals surface area contributed by atoms with Crippen molar-refractivity contribution in [2.45, 2.75) is 111 Å². The Morgan fingerprint density at radius 2 is 1.66 bits per heavy atom. The Kier molecular flexibility index (Phi) is 14.8. The van der Waals surface area contributed by atoms with Crippen LogP contribution in [0.1, 0.15) is 25.7 Å². The zero-order chi connectivity index (χ0) is 32.6. The molecule has 44 heavy (non-hydrogen) atoms. The number of hydrogen-bond donors (Lipinski definition) is 13. The second-order valence-electron chi connectivity index (χ2n) is 11.6. The Balaban J connectivity index is 1.75. The highest BCUT2D eigenvalue weighted by Crippen LogP contribution is 2.31. The van der Waals surface area contributed by atoms with E-state index in [0.29, 0.717) is 44.0 Å². The molecule has 0 aromatic carbocycles. The number of aliphatic hydroxyl groups is 5. The van der Waals surface area contributed by atoms with E-state index >= 15 is 0 Å². The monoisotopic (exact) mass is 640 g/mol. The molecule has 0 aromatic heterocycles. The Morgan fingerprint density at radius 1 is 0.955 bits per heavy atom. The van der Waals surface area contributed by atoms with Gasteiger partial charge in [0.25, 0.3) is 0 Å². The van der Waals surface area contributed by atoms with Crippen molar-refractivity contribution in [1.29, 1.82) is 0 Å². The molecule has 0 aromatic rings. The zero-order valence-corrected chi connectivity index (χ0v) is 24.7. The van der Waals surface area contributed by atoms with Crippen molar-refractivity contribution in [2.24, 2.45) is 28.7 Å². The highest BCUT2D eigenvalue weighted by molar-refractivity contribution is 5.73. The average molecular weight is 641 g/mol. The van der Waals surface area contributed by atoms with Crippen LogP contribution < -0.4 is 39.3 Å². The highest BCUT2D eigenvalue weighted by atomic mass is 16.7. The number of carbonyl (C=O) groups excluding carboxylic acids is 1. The molecule has 2 heterocycles. The van der Waals surface area contributed by atoms with Gasteiger partial charge in [0.05, 0.1) is 43.5 Å². The molecule has 2 saturated heterocycles. The van der Waals surface area contributed by atoms with Gasteiger partial charge in [-0.3, -0.25) is 5.21 Å². The Bertz CT molecular complexity index is 869. The second kappa shape index (κ2) is 17.5. The Hall–Kier alpha value is -1.37. The average Bonchev–Trinajstić information content (AvgIpc) is 2.98. The van der Waals surface area contributed by atoms with Crippen LogP contribution in [0.3, 0.4) is 0 Å². The van der Waals surface area contributed by atoms with E-state index in [2.05, 4.69) is 10.6 Å². The summed E-state index contributed by atoms with van der Waals surface area (Å²) in [5, 5.41) is 68.0. The summed E-state index contributed by atoms with van der Waals surface area (Å²) < 4.78 is 23.7. The smallest absolute Gasteiger partial charge is 0.341 e. The van der Waals surface area contributed by atoms with E-state index in [1.807, 2.05) is 0 Å². The largest absolute Gasteiger partial charge is 0.394 e. The zero-order valence-electron chi connectivity index (χ0n) is 24.7. The Morgan fingerprint density at radius 3 is 2.32 bits per heavy atom. The van der Waals surface area contributed by atoms with Crippen molar-refractivity contribution in [1.82, 2.24) is 15.7 Å². The third-order valence-corrected chi connectivity index (χ3v) is 8.17. The van der Waals surface area contributed by atoms with Crippen LogP contribution in [0.25, 0.3) is 0 Å². The maximum Gasteiger partial charge on any atom is 0.341 e. The topological polar surface area (TPSA) is 333 Å². The van der Waals surface area contributed by atoms with Gasteiger partial charge in [0.1, 0.15) is 36.6 Å². The quantitative estimate of drug-likeness (QED) is 0.0619. The van der Waals surface area contributed by atoms with Crippen LogP contribution in [0, 0.1) is 0 Å². The maximum atomic E-state index is 12.6. The molecule has 3 fully saturated rings. The number of ether oxygens (including phenoxy) is 4. The van der Waals surface area contributed by atoms with Crippen LogP contribution in [-0.2, 0) is 18.9 Å². The predicted octanol–water partition coefficient (Wildman–Crippen LogP) is -6.53. The molecule has 258 valence electrons. The van der Waals surface area contributed by atoms with Crippen molar-refractivity contribution in [3.63, 3.8) is 0 Å². The van der Waals surface area contributed by atoms with Gasteiger partial charge < -0.3 is 83.8 Å². The summed E-state index contributed by atoms with van der Waals surface area (Å²) in [5.41, 5.74) is 29.5. The Labute approximate surface area is 255 Å². The minimum absolute atomic E-state index is 0.0239. The van der Waals surface area contributed by atoms with Gasteiger partial charge in [-0.1, -0.05) is 0 Å².